The molecule has 0 heterocycles. The van der Waals surface area contributed by atoms with E-state index in [1.807, 2.05) is 0 Å². The van der Waals surface area contributed by atoms with E-state index < -0.39 is 0 Å². The summed E-state index contributed by atoms with van der Waals surface area (Å²) in [6, 6.07) is 0. The molecule has 0 N–H and O–H groups in total. The molecule has 0 fully saturated rings. The van der Waals surface area contributed by atoms with Crippen molar-refractivity contribution < 1.29 is 14.3 Å². The fourth-order valence-corrected chi connectivity index (χ4v) is 0.573. The molecular weight excluding hydrogens is 144 g/mol. The van der Waals surface area contributed by atoms with Crippen LogP contribution in [0.25, 0.3) is 0 Å². The average molecular weight is 156 g/mol. The highest BCUT2D eigenvalue weighted by Crippen LogP contribution is 1.93. The number of aldehydes is 1. The van der Waals surface area contributed by atoms with Crippen molar-refractivity contribution in [1.29, 1.82) is 0 Å². The second-order valence-electron chi connectivity index (χ2n) is 1.99. The summed E-state index contributed by atoms with van der Waals surface area (Å²) in [6.07, 6.45) is 5.78. The Bertz CT molecular complexity index is 149. The van der Waals surface area contributed by atoms with E-state index in [4.69, 9.17) is 0 Å². The second-order valence-corrected chi connectivity index (χ2v) is 1.99. The lowest BCUT2D eigenvalue weighted by molar-refractivity contribution is -0.140. The zero-order valence-corrected chi connectivity index (χ0v) is 6.58. The number of ether oxygens (including phenoxy) is 1. The summed E-state index contributed by atoms with van der Waals surface area (Å²) < 4.78 is 4.41. The molecule has 0 saturated carbocycles. The predicted octanol–water partition coefficient (Wildman–Crippen LogP) is 1.08. The van der Waals surface area contributed by atoms with E-state index in [0.29, 0.717) is 19.3 Å². The Balaban J connectivity index is 3.25. The predicted molar refractivity (Wildman–Crippen MR) is 41.1 cm³/mol. The number of hydrogen-bond donors (Lipinski definition) is 0. The van der Waals surface area contributed by atoms with E-state index in [2.05, 4.69) is 4.74 Å². The van der Waals surface area contributed by atoms with Crippen LogP contribution >= 0.6 is 0 Å². The Morgan fingerprint density at radius 1 is 1.45 bits per heavy atom. The van der Waals surface area contributed by atoms with Gasteiger partial charge >= 0.3 is 5.97 Å². The summed E-state index contributed by atoms with van der Waals surface area (Å²) in [5, 5.41) is 0. The molecule has 0 aliphatic rings. The average Bonchev–Trinajstić information content (AvgIpc) is 2.04. The van der Waals surface area contributed by atoms with Gasteiger partial charge in [-0.25, -0.2) is 0 Å². The van der Waals surface area contributed by atoms with Crippen molar-refractivity contribution in [3.05, 3.63) is 12.2 Å². The van der Waals surface area contributed by atoms with E-state index in [-0.39, 0.29) is 5.97 Å². The summed E-state index contributed by atoms with van der Waals surface area (Å²) in [4.78, 5) is 20.3. The molecule has 11 heavy (non-hydrogen) atoms. The number of carbonyl (C=O) groups excluding carboxylic acids is 2. The van der Waals surface area contributed by atoms with Crippen LogP contribution in [0.5, 0.6) is 0 Å². The van der Waals surface area contributed by atoms with Crippen LogP contribution in [0.15, 0.2) is 12.2 Å². The SMILES string of the molecule is COC(=O)CC/C=C\CC=O. The molecule has 3 heteroatoms. The third-order valence-corrected chi connectivity index (χ3v) is 1.14. The Kier molecular flexibility index (Phi) is 6.28. The van der Waals surface area contributed by atoms with Gasteiger partial charge in [-0.2, -0.15) is 0 Å². The zero-order chi connectivity index (χ0) is 8.53. The standard InChI is InChI=1S/C8H12O3/c1-11-8(10)6-4-2-3-5-7-9/h2-3,7H,4-6H2,1H3/b3-2-. The van der Waals surface area contributed by atoms with Crippen LogP contribution in [-0.2, 0) is 14.3 Å². The maximum atomic E-state index is 10.5. The number of esters is 1. The lowest BCUT2D eigenvalue weighted by Crippen LogP contribution is -1.97. The van der Waals surface area contributed by atoms with Crippen LogP contribution < -0.4 is 0 Å². The minimum Gasteiger partial charge on any atom is -0.469 e. The highest BCUT2D eigenvalue weighted by Gasteiger charge is 1.94. The molecule has 0 spiro atoms. The monoisotopic (exact) mass is 156 g/mol. The molecule has 0 aromatic heterocycles. The number of hydrogen-bond acceptors (Lipinski definition) is 3. The van der Waals surface area contributed by atoms with Gasteiger partial charge in [-0.05, 0) is 6.42 Å². The fraction of sp³-hybridized carbons (Fsp3) is 0.500. The van der Waals surface area contributed by atoms with Gasteiger partial charge in [-0.3, -0.25) is 4.79 Å². The van der Waals surface area contributed by atoms with Crippen molar-refractivity contribution in [2.24, 2.45) is 0 Å². The number of carbonyl (C=O) groups is 2. The lowest BCUT2D eigenvalue weighted by Gasteiger charge is -1.92. The van der Waals surface area contributed by atoms with Gasteiger partial charge in [0.15, 0.2) is 0 Å². The quantitative estimate of drug-likeness (QED) is 0.340. The fourth-order valence-electron chi connectivity index (χ4n) is 0.573. The minimum absolute atomic E-state index is 0.222. The molecule has 0 aromatic carbocycles. The van der Waals surface area contributed by atoms with Gasteiger partial charge < -0.3 is 9.53 Å². The topological polar surface area (TPSA) is 43.4 Å². The van der Waals surface area contributed by atoms with Crippen molar-refractivity contribution in [3.8, 4) is 0 Å². The van der Waals surface area contributed by atoms with Gasteiger partial charge in [0.1, 0.15) is 6.29 Å². The normalized spacial score (nSPS) is 9.91. The second kappa shape index (κ2) is 6.99. The molecule has 0 bridgehead atoms. The van der Waals surface area contributed by atoms with E-state index in [1.54, 1.807) is 12.2 Å². The first-order valence-corrected chi connectivity index (χ1v) is 3.46. The van der Waals surface area contributed by atoms with Crippen molar-refractivity contribution >= 4 is 12.3 Å². The van der Waals surface area contributed by atoms with E-state index in [9.17, 15) is 9.59 Å². The Morgan fingerprint density at radius 2 is 2.18 bits per heavy atom. The summed E-state index contributed by atoms with van der Waals surface area (Å²) in [5.74, 6) is -0.222. The van der Waals surface area contributed by atoms with Crippen molar-refractivity contribution in [3.63, 3.8) is 0 Å². The maximum Gasteiger partial charge on any atom is 0.305 e. The molecule has 0 aliphatic heterocycles. The third kappa shape index (κ3) is 6.77. The maximum absolute atomic E-state index is 10.5. The van der Waals surface area contributed by atoms with Crippen LogP contribution in [0, 0.1) is 0 Å². The molecule has 62 valence electrons. The molecule has 0 aromatic rings. The molecule has 0 radical (unpaired) electrons. The first kappa shape index (κ1) is 9.88. The molecule has 0 unspecified atom stereocenters. The largest absolute Gasteiger partial charge is 0.469 e. The van der Waals surface area contributed by atoms with Gasteiger partial charge in [0.25, 0.3) is 0 Å². The molecule has 0 aliphatic carbocycles. The molecule has 3 nitrogen and oxygen atoms in total. The van der Waals surface area contributed by atoms with Gasteiger partial charge in [-0.1, -0.05) is 12.2 Å². The van der Waals surface area contributed by atoms with Crippen molar-refractivity contribution in [1.82, 2.24) is 0 Å². The van der Waals surface area contributed by atoms with Crippen molar-refractivity contribution in [2.45, 2.75) is 19.3 Å². The molecule has 0 saturated heterocycles. The molecule has 0 amide bonds. The summed E-state index contributed by atoms with van der Waals surface area (Å²) in [7, 11) is 1.36. The van der Waals surface area contributed by atoms with E-state index in [1.165, 1.54) is 7.11 Å². The smallest absolute Gasteiger partial charge is 0.305 e. The van der Waals surface area contributed by atoms with Gasteiger partial charge in [0.2, 0.25) is 0 Å². The van der Waals surface area contributed by atoms with Crippen LogP contribution in [0.1, 0.15) is 19.3 Å². The lowest BCUT2D eigenvalue weighted by atomic mass is 10.3. The molecular formula is C8H12O3. The van der Waals surface area contributed by atoms with Crippen LogP contribution in [-0.4, -0.2) is 19.4 Å². The van der Waals surface area contributed by atoms with Crippen LogP contribution in [0.2, 0.25) is 0 Å². The minimum atomic E-state index is -0.222. The van der Waals surface area contributed by atoms with Crippen LogP contribution in [0.4, 0.5) is 0 Å². The Labute approximate surface area is 66.0 Å². The first-order chi connectivity index (χ1) is 5.31. The number of rotatable bonds is 5. The summed E-state index contributed by atoms with van der Waals surface area (Å²) in [6.45, 7) is 0. The Morgan fingerprint density at radius 3 is 2.73 bits per heavy atom. The zero-order valence-electron chi connectivity index (χ0n) is 6.58. The van der Waals surface area contributed by atoms with Crippen molar-refractivity contribution in [2.75, 3.05) is 7.11 Å². The van der Waals surface area contributed by atoms with Crippen LogP contribution in [0.3, 0.4) is 0 Å². The van der Waals surface area contributed by atoms with Gasteiger partial charge in [0.05, 0.1) is 7.11 Å². The third-order valence-electron chi connectivity index (χ3n) is 1.14. The highest BCUT2D eigenvalue weighted by atomic mass is 16.5. The summed E-state index contributed by atoms with van der Waals surface area (Å²) in [5.41, 5.74) is 0. The highest BCUT2D eigenvalue weighted by molar-refractivity contribution is 5.69. The Hall–Kier alpha value is -1.12. The van der Waals surface area contributed by atoms with E-state index in [0.717, 1.165) is 6.29 Å². The number of methoxy groups -OCH3 is 1. The molecule has 0 atom stereocenters. The first-order valence-electron chi connectivity index (χ1n) is 3.46. The van der Waals surface area contributed by atoms with E-state index >= 15 is 0 Å². The number of allylic oxidation sites excluding steroid dienone is 2. The molecule has 0 rings (SSSR count). The van der Waals surface area contributed by atoms with Gasteiger partial charge in [0, 0.05) is 12.8 Å². The summed E-state index contributed by atoms with van der Waals surface area (Å²) >= 11 is 0. The van der Waals surface area contributed by atoms with Gasteiger partial charge in [-0.15, -0.1) is 0 Å².